The van der Waals surface area contributed by atoms with Gasteiger partial charge in [0.15, 0.2) is 0 Å². The maximum absolute atomic E-state index is 11.8. The molecule has 0 bridgehead atoms. The summed E-state index contributed by atoms with van der Waals surface area (Å²) in [5.41, 5.74) is 1.44. The second kappa shape index (κ2) is 3.48. The van der Waals surface area contributed by atoms with Gasteiger partial charge in [-0.25, -0.2) is 0 Å². The van der Waals surface area contributed by atoms with E-state index < -0.39 is 0 Å². The average molecular weight is 200 g/mol. The Kier molecular flexibility index (Phi) is 2.12. The second-order valence-electron chi connectivity index (χ2n) is 4.84. The molecular formula is C14H16O. The number of fused-ring (bicyclic) bond motifs is 3. The van der Waals surface area contributed by atoms with Crippen LogP contribution in [0.2, 0.25) is 0 Å². The van der Waals surface area contributed by atoms with Crippen molar-refractivity contribution in [3.8, 4) is 0 Å². The van der Waals surface area contributed by atoms with Crippen molar-refractivity contribution in [2.45, 2.75) is 25.7 Å². The van der Waals surface area contributed by atoms with Crippen LogP contribution in [0.5, 0.6) is 0 Å². The minimum absolute atomic E-state index is 0.229. The Labute approximate surface area is 90.6 Å². The second-order valence-corrected chi connectivity index (χ2v) is 4.84. The van der Waals surface area contributed by atoms with E-state index in [-0.39, 0.29) is 5.92 Å². The van der Waals surface area contributed by atoms with Gasteiger partial charge in [-0.2, -0.15) is 0 Å². The van der Waals surface area contributed by atoms with Crippen LogP contribution in [-0.4, -0.2) is 5.78 Å². The van der Waals surface area contributed by atoms with E-state index in [9.17, 15) is 4.79 Å². The van der Waals surface area contributed by atoms with Crippen molar-refractivity contribution in [3.05, 3.63) is 36.0 Å². The number of hydrogen-bond acceptors (Lipinski definition) is 1. The number of carbonyl (C=O) groups is 1. The molecule has 78 valence electrons. The molecule has 0 aromatic heterocycles. The van der Waals surface area contributed by atoms with E-state index in [2.05, 4.69) is 30.4 Å². The number of carbonyl (C=O) groups excluding carboxylic acids is 1. The summed E-state index contributed by atoms with van der Waals surface area (Å²) in [6.45, 7) is 0. The number of Topliss-reactive ketones (excluding diaryl/α,β-unsaturated/α-hetero) is 1. The van der Waals surface area contributed by atoms with Crippen LogP contribution in [0.1, 0.15) is 25.7 Å². The first-order valence-corrected chi connectivity index (χ1v) is 5.94. The lowest BCUT2D eigenvalue weighted by Gasteiger charge is -2.39. The van der Waals surface area contributed by atoms with E-state index in [0.29, 0.717) is 17.6 Å². The first kappa shape index (κ1) is 9.14. The van der Waals surface area contributed by atoms with Gasteiger partial charge in [0.1, 0.15) is 5.78 Å². The zero-order valence-electron chi connectivity index (χ0n) is 8.86. The van der Waals surface area contributed by atoms with Crippen LogP contribution in [0.25, 0.3) is 0 Å². The molecule has 0 amide bonds. The Hall–Kier alpha value is -1.11. The van der Waals surface area contributed by atoms with Crippen molar-refractivity contribution in [2.24, 2.45) is 17.8 Å². The molecule has 0 N–H and O–H groups in total. The molecule has 0 saturated heterocycles. The highest BCUT2D eigenvalue weighted by Crippen LogP contribution is 2.43. The fourth-order valence-corrected chi connectivity index (χ4v) is 3.28. The standard InChI is InChI=1S/C14H16O/c15-14-7-3-6-12-11-5-2-1-4-10(11)8-9-13(12)14/h1-2,4,8-9,11-13H,3,5-7H2. The van der Waals surface area contributed by atoms with Crippen LogP contribution in [0.15, 0.2) is 36.0 Å². The highest BCUT2D eigenvalue weighted by Gasteiger charge is 2.38. The van der Waals surface area contributed by atoms with E-state index in [1.54, 1.807) is 0 Å². The molecule has 0 aliphatic heterocycles. The zero-order valence-corrected chi connectivity index (χ0v) is 8.86. The van der Waals surface area contributed by atoms with E-state index in [0.717, 1.165) is 19.3 Å². The molecule has 0 spiro atoms. The summed E-state index contributed by atoms with van der Waals surface area (Å²) >= 11 is 0. The van der Waals surface area contributed by atoms with Gasteiger partial charge in [0.2, 0.25) is 0 Å². The zero-order chi connectivity index (χ0) is 10.3. The van der Waals surface area contributed by atoms with Crippen LogP contribution in [-0.2, 0) is 4.79 Å². The van der Waals surface area contributed by atoms with E-state index in [4.69, 9.17) is 0 Å². The molecule has 3 aliphatic rings. The molecule has 1 heteroatoms. The van der Waals surface area contributed by atoms with E-state index in [1.165, 1.54) is 12.0 Å². The maximum atomic E-state index is 11.8. The van der Waals surface area contributed by atoms with Gasteiger partial charge in [0.05, 0.1) is 0 Å². The van der Waals surface area contributed by atoms with Gasteiger partial charge >= 0.3 is 0 Å². The SMILES string of the molecule is O=C1CCCC2C1C=CC1=CC=CCC12. The number of ketones is 1. The lowest BCUT2D eigenvalue weighted by atomic mass is 9.64. The molecule has 1 nitrogen and oxygen atoms in total. The van der Waals surface area contributed by atoms with Crippen LogP contribution >= 0.6 is 0 Å². The molecular weight excluding hydrogens is 184 g/mol. The van der Waals surface area contributed by atoms with Crippen molar-refractivity contribution in [2.75, 3.05) is 0 Å². The van der Waals surface area contributed by atoms with Crippen LogP contribution in [0.4, 0.5) is 0 Å². The lowest BCUT2D eigenvalue weighted by Crippen LogP contribution is -2.35. The Bertz CT molecular complexity index is 373. The molecule has 0 radical (unpaired) electrons. The first-order valence-electron chi connectivity index (χ1n) is 5.94. The third-order valence-electron chi connectivity index (χ3n) is 4.05. The molecule has 1 saturated carbocycles. The van der Waals surface area contributed by atoms with Crippen molar-refractivity contribution in [3.63, 3.8) is 0 Å². The molecule has 0 aromatic carbocycles. The number of hydrogen-bond donors (Lipinski definition) is 0. The molecule has 1 fully saturated rings. The Morgan fingerprint density at radius 2 is 2.27 bits per heavy atom. The molecule has 0 heterocycles. The highest BCUT2D eigenvalue weighted by atomic mass is 16.1. The summed E-state index contributed by atoms with van der Waals surface area (Å²) in [4.78, 5) is 11.8. The predicted octanol–water partition coefficient (Wildman–Crippen LogP) is 3.04. The van der Waals surface area contributed by atoms with Crippen molar-refractivity contribution in [1.29, 1.82) is 0 Å². The maximum Gasteiger partial charge on any atom is 0.140 e. The smallest absolute Gasteiger partial charge is 0.140 e. The van der Waals surface area contributed by atoms with Gasteiger partial charge in [-0.1, -0.05) is 30.4 Å². The Morgan fingerprint density at radius 3 is 3.20 bits per heavy atom. The van der Waals surface area contributed by atoms with Gasteiger partial charge in [-0.3, -0.25) is 4.79 Å². The van der Waals surface area contributed by atoms with Crippen LogP contribution in [0.3, 0.4) is 0 Å². The molecule has 3 unspecified atom stereocenters. The fourth-order valence-electron chi connectivity index (χ4n) is 3.28. The average Bonchev–Trinajstić information content (AvgIpc) is 2.29. The van der Waals surface area contributed by atoms with E-state index >= 15 is 0 Å². The minimum atomic E-state index is 0.229. The summed E-state index contributed by atoms with van der Waals surface area (Å²) < 4.78 is 0. The van der Waals surface area contributed by atoms with E-state index in [1.807, 2.05) is 0 Å². The van der Waals surface area contributed by atoms with Gasteiger partial charge in [-0.15, -0.1) is 0 Å². The fraction of sp³-hybridized carbons (Fsp3) is 0.500. The van der Waals surface area contributed by atoms with Gasteiger partial charge in [0, 0.05) is 12.3 Å². The van der Waals surface area contributed by atoms with Crippen LogP contribution < -0.4 is 0 Å². The number of allylic oxidation sites excluding steroid dienone is 6. The minimum Gasteiger partial charge on any atom is -0.299 e. The Morgan fingerprint density at radius 1 is 1.33 bits per heavy atom. The van der Waals surface area contributed by atoms with Crippen molar-refractivity contribution >= 4 is 5.78 Å². The molecule has 3 atom stereocenters. The first-order chi connectivity index (χ1) is 7.36. The normalized spacial score (nSPS) is 38.3. The summed E-state index contributed by atoms with van der Waals surface area (Å²) in [7, 11) is 0. The topological polar surface area (TPSA) is 17.1 Å². The van der Waals surface area contributed by atoms with Crippen molar-refractivity contribution < 1.29 is 4.79 Å². The highest BCUT2D eigenvalue weighted by molar-refractivity contribution is 5.84. The van der Waals surface area contributed by atoms with Gasteiger partial charge in [0.25, 0.3) is 0 Å². The molecule has 15 heavy (non-hydrogen) atoms. The quantitative estimate of drug-likeness (QED) is 0.587. The Balaban J connectivity index is 1.96. The monoisotopic (exact) mass is 200 g/mol. The van der Waals surface area contributed by atoms with Crippen molar-refractivity contribution in [1.82, 2.24) is 0 Å². The summed E-state index contributed by atoms with van der Waals surface area (Å²) in [5.74, 6) is 1.91. The molecule has 0 aromatic rings. The molecule has 3 rings (SSSR count). The third kappa shape index (κ3) is 1.41. The van der Waals surface area contributed by atoms with Gasteiger partial charge in [-0.05, 0) is 36.7 Å². The lowest BCUT2D eigenvalue weighted by molar-refractivity contribution is -0.125. The molecule has 3 aliphatic carbocycles. The van der Waals surface area contributed by atoms with Crippen LogP contribution in [0, 0.1) is 17.8 Å². The third-order valence-corrected chi connectivity index (χ3v) is 4.05. The number of rotatable bonds is 0. The van der Waals surface area contributed by atoms with Gasteiger partial charge < -0.3 is 0 Å². The summed E-state index contributed by atoms with van der Waals surface area (Å²) in [5, 5.41) is 0. The summed E-state index contributed by atoms with van der Waals surface area (Å²) in [6, 6.07) is 0. The largest absolute Gasteiger partial charge is 0.299 e. The summed E-state index contributed by atoms with van der Waals surface area (Å²) in [6.07, 6.45) is 15.2. The predicted molar refractivity (Wildman–Crippen MR) is 60.3 cm³/mol.